The van der Waals surface area contributed by atoms with Gasteiger partial charge in [-0.2, -0.15) is 0 Å². The molecule has 1 fully saturated rings. The Labute approximate surface area is 101 Å². The van der Waals surface area contributed by atoms with Crippen LogP contribution in [0, 0.1) is 23.2 Å². The number of carbonyl (C=O) groups excluding carboxylic acids is 1. The van der Waals surface area contributed by atoms with Crippen molar-refractivity contribution in [3.8, 4) is 0 Å². The Morgan fingerprint density at radius 2 is 1.62 bits per heavy atom. The highest BCUT2D eigenvalue weighted by atomic mass is 16.1. The predicted molar refractivity (Wildman–Crippen MR) is 69.4 cm³/mol. The molecular formula is C15H28O. The van der Waals surface area contributed by atoms with Crippen molar-refractivity contribution in [2.24, 2.45) is 23.2 Å². The highest BCUT2D eigenvalue weighted by Crippen LogP contribution is 2.37. The van der Waals surface area contributed by atoms with Gasteiger partial charge in [0.2, 0.25) is 0 Å². The number of rotatable bonds is 3. The lowest BCUT2D eigenvalue weighted by Gasteiger charge is -2.32. The molecule has 1 rings (SSSR count). The van der Waals surface area contributed by atoms with E-state index in [-0.39, 0.29) is 5.92 Å². The molecule has 1 aliphatic rings. The molecule has 0 bridgehead atoms. The van der Waals surface area contributed by atoms with Crippen LogP contribution in [0.3, 0.4) is 0 Å². The van der Waals surface area contributed by atoms with Gasteiger partial charge in [0.1, 0.15) is 5.78 Å². The fourth-order valence-electron chi connectivity index (χ4n) is 2.99. The average molecular weight is 224 g/mol. The lowest BCUT2D eigenvalue weighted by molar-refractivity contribution is -0.127. The number of carbonyl (C=O) groups is 1. The van der Waals surface area contributed by atoms with Gasteiger partial charge >= 0.3 is 0 Å². The highest BCUT2D eigenvalue weighted by molar-refractivity contribution is 5.82. The summed E-state index contributed by atoms with van der Waals surface area (Å²) in [6.45, 7) is 11.0. The minimum absolute atomic E-state index is 0.226. The molecule has 0 unspecified atom stereocenters. The van der Waals surface area contributed by atoms with E-state index in [1.165, 1.54) is 19.3 Å². The molecule has 0 aliphatic heterocycles. The van der Waals surface area contributed by atoms with Crippen molar-refractivity contribution in [2.75, 3.05) is 0 Å². The van der Waals surface area contributed by atoms with E-state index in [2.05, 4.69) is 20.8 Å². The van der Waals surface area contributed by atoms with E-state index in [0.717, 1.165) is 18.8 Å². The van der Waals surface area contributed by atoms with Crippen molar-refractivity contribution in [1.29, 1.82) is 0 Å². The molecule has 0 aromatic rings. The summed E-state index contributed by atoms with van der Waals surface area (Å²) in [5, 5.41) is 0. The summed E-state index contributed by atoms with van der Waals surface area (Å²) in [6, 6.07) is 0. The average Bonchev–Trinajstić information content (AvgIpc) is 2.15. The molecule has 1 nitrogen and oxygen atoms in total. The smallest absolute Gasteiger partial charge is 0.138 e. The zero-order valence-electron chi connectivity index (χ0n) is 11.7. The van der Waals surface area contributed by atoms with Crippen molar-refractivity contribution < 1.29 is 4.79 Å². The maximum atomic E-state index is 11.9. The van der Waals surface area contributed by atoms with E-state index >= 15 is 0 Å². The SMILES string of the molecule is CC(C)C(=O)C1CCC(CC(C)(C)C)CC1. The van der Waals surface area contributed by atoms with Gasteiger partial charge in [-0.25, -0.2) is 0 Å². The first-order valence-corrected chi connectivity index (χ1v) is 6.83. The van der Waals surface area contributed by atoms with Crippen LogP contribution in [-0.4, -0.2) is 5.78 Å². The van der Waals surface area contributed by atoms with E-state index in [9.17, 15) is 4.79 Å². The Morgan fingerprint density at radius 3 is 2.00 bits per heavy atom. The van der Waals surface area contributed by atoms with E-state index in [1.54, 1.807) is 0 Å². The van der Waals surface area contributed by atoms with Crippen molar-refractivity contribution in [3.63, 3.8) is 0 Å². The summed E-state index contributed by atoms with van der Waals surface area (Å²) >= 11 is 0. The molecule has 94 valence electrons. The largest absolute Gasteiger partial charge is 0.299 e. The summed E-state index contributed by atoms with van der Waals surface area (Å²) in [5.74, 6) is 1.95. The van der Waals surface area contributed by atoms with Crippen molar-refractivity contribution >= 4 is 5.78 Å². The molecule has 0 atom stereocenters. The van der Waals surface area contributed by atoms with Gasteiger partial charge in [-0.3, -0.25) is 4.79 Å². The molecule has 0 radical (unpaired) electrons. The molecule has 0 aromatic carbocycles. The minimum atomic E-state index is 0.226. The van der Waals surface area contributed by atoms with Gasteiger partial charge in [0, 0.05) is 11.8 Å². The molecule has 1 aliphatic carbocycles. The van der Waals surface area contributed by atoms with Crippen LogP contribution >= 0.6 is 0 Å². The van der Waals surface area contributed by atoms with Crippen LogP contribution in [0.4, 0.5) is 0 Å². The normalized spacial score (nSPS) is 27.1. The quantitative estimate of drug-likeness (QED) is 0.692. The van der Waals surface area contributed by atoms with Gasteiger partial charge < -0.3 is 0 Å². The Morgan fingerprint density at radius 1 is 1.12 bits per heavy atom. The summed E-state index contributed by atoms with van der Waals surface area (Å²) in [6.07, 6.45) is 6.12. The first-order valence-electron chi connectivity index (χ1n) is 6.83. The number of hydrogen-bond acceptors (Lipinski definition) is 1. The molecule has 0 spiro atoms. The Hall–Kier alpha value is -0.330. The Kier molecular flexibility index (Phi) is 4.58. The lowest BCUT2D eigenvalue weighted by Crippen LogP contribution is -2.26. The van der Waals surface area contributed by atoms with Crippen LogP contribution in [-0.2, 0) is 4.79 Å². The second-order valence-electron chi connectivity index (χ2n) is 7.04. The van der Waals surface area contributed by atoms with Gasteiger partial charge in [0.05, 0.1) is 0 Å². The second-order valence-corrected chi connectivity index (χ2v) is 7.04. The molecule has 0 heterocycles. The topological polar surface area (TPSA) is 17.1 Å². The zero-order valence-corrected chi connectivity index (χ0v) is 11.7. The highest BCUT2D eigenvalue weighted by Gasteiger charge is 2.29. The number of hydrogen-bond donors (Lipinski definition) is 0. The first-order chi connectivity index (χ1) is 7.29. The van der Waals surface area contributed by atoms with Crippen LogP contribution in [0.2, 0.25) is 0 Å². The van der Waals surface area contributed by atoms with Gasteiger partial charge in [0.25, 0.3) is 0 Å². The minimum Gasteiger partial charge on any atom is -0.299 e. The monoisotopic (exact) mass is 224 g/mol. The van der Waals surface area contributed by atoms with E-state index in [0.29, 0.717) is 17.1 Å². The van der Waals surface area contributed by atoms with Gasteiger partial charge in [-0.05, 0) is 43.4 Å². The molecule has 16 heavy (non-hydrogen) atoms. The molecule has 0 N–H and O–H groups in total. The number of Topliss-reactive ketones (excluding diaryl/α,β-unsaturated/α-hetero) is 1. The van der Waals surface area contributed by atoms with Gasteiger partial charge in [0.15, 0.2) is 0 Å². The standard InChI is InChI=1S/C15H28O/c1-11(2)14(16)13-8-6-12(7-9-13)10-15(3,4)5/h11-13H,6-10H2,1-5H3. The molecule has 0 saturated heterocycles. The van der Waals surface area contributed by atoms with Crippen molar-refractivity contribution in [1.82, 2.24) is 0 Å². The summed E-state index contributed by atoms with van der Waals surface area (Å²) in [7, 11) is 0. The lowest BCUT2D eigenvalue weighted by atomic mass is 9.73. The maximum absolute atomic E-state index is 11.9. The van der Waals surface area contributed by atoms with Crippen LogP contribution < -0.4 is 0 Å². The third-order valence-electron chi connectivity index (χ3n) is 3.72. The maximum Gasteiger partial charge on any atom is 0.138 e. The molecule has 0 amide bonds. The fourth-order valence-corrected chi connectivity index (χ4v) is 2.99. The summed E-state index contributed by atoms with van der Waals surface area (Å²) < 4.78 is 0. The van der Waals surface area contributed by atoms with Crippen LogP contribution in [0.15, 0.2) is 0 Å². The first kappa shape index (κ1) is 13.7. The second kappa shape index (κ2) is 5.33. The third kappa shape index (κ3) is 4.27. The van der Waals surface area contributed by atoms with E-state index < -0.39 is 0 Å². The van der Waals surface area contributed by atoms with Crippen molar-refractivity contribution in [2.45, 2.75) is 66.7 Å². The zero-order chi connectivity index (χ0) is 12.3. The van der Waals surface area contributed by atoms with Crippen molar-refractivity contribution in [3.05, 3.63) is 0 Å². The van der Waals surface area contributed by atoms with Crippen LogP contribution in [0.1, 0.15) is 66.7 Å². The Bertz CT molecular complexity index is 226. The number of ketones is 1. The fraction of sp³-hybridized carbons (Fsp3) is 0.933. The third-order valence-corrected chi connectivity index (χ3v) is 3.72. The van der Waals surface area contributed by atoms with Gasteiger partial charge in [-0.1, -0.05) is 34.6 Å². The molecular weight excluding hydrogens is 196 g/mol. The summed E-state index contributed by atoms with van der Waals surface area (Å²) in [4.78, 5) is 11.9. The predicted octanol–water partition coefficient (Wildman–Crippen LogP) is 4.45. The van der Waals surface area contributed by atoms with Gasteiger partial charge in [-0.15, -0.1) is 0 Å². The molecule has 1 saturated carbocycles. The molecule has 1 heteroatoms. The van der Waals surface area contributed by atoms with E-state index in [1.807, 2.05) is 13.8 Å². The summed E-state index contributed by atoms with van der Waals surface area (Å²) in [5.41, 5.74) is 0.444. The van der Waals surface area contributed by atoms with Crippen LogP contribution in [0.5, 0.6) is 0 Å². The van der Waals surface area contributed by atoms with Crippen LogP contribution in [0.25, 0.3) is 0 Å². The molecule has 0 aromatic heterocycles. The van der Waals surface area contributed by atoms with E-state index in [4.69, 9.17) is 0 Å². The Balaban J connectivity index is 2.37.